The van der Waals surface area contributed by atoms with Gasteiger partial charge in [0, 0.05) is 6.54 Å². The maximum Gasteiger partial charge on any atom is 0.182 e. The van der Waals surface area contributed by atoms with Crippen LogP contribution in [0.4, 0.5) is 5.82 Å². The molecule has 2 aromatic heterocycles. The van der Waals surface area contributed by atoms with Crippen LogP contribution in [-0.2, 0) is 0 Å². The molecular weight excluding hydrogens is 250 g/mol. The first-order valence-corrected chi connectivity index (χ1v) is 6.71. The van der Waals surface area contributed by atoms with Crippen molar-refractivity contribution in [1.29, 1.82) is 0 Å². The van der Waals surface area contributed by atoms with Crippen LogP contribution in [0, 0.1) is 5.92 Å². The lowest BCUT2D eigenvalue weighted by Crippen LogP contribution is -2.23. The number of nitrogens with one attached hydrogen (secondary N) is 2. The van der Waals surface area contributed by atoms with Crippen molar-refractivity contribution < 1.29 is 0 Å². The number of rotatable bonds is 6. The normalized spacial score (nSPS) is 13.1. The maximum atomic E-state index is 6.39. The molecule has 0 aliphatic carbocycles. The molecule has 0 aliphatic heterocycles. The van der Waals surface area contributed by atoms with Crippen molar-refractivity contribution in [3.05, 3.63) is 12.7 Å². The Bertz CT molecular complexity index is 494. The van der Waals surface area contributed by atoms with Crippen LogP contribution in [0.5, 0.6) is 0 Å². The predicted octanol–water partition coefficient (Wildman–Crippen LogP) is 2.81. The number of imidazole rings is 1. The summed E-state index contributed by atoms with van der Waals surface area (Å²) in [5, 5.41) is 3.37. The molecule has 5 nitrogen and oxygen atoms in total. The van der Waals surface area contributed by atoms with E-state index in [1.807, 2.05) is 0 Å². The lowest BCUT2D eigenvalue weighted by atomic mass is 9.99. The monoisotopic (exact) mass is 267 g/mol. The summed E-state index contributed by atoms with van der Waals surface area (Å²) >= 11 is 6.39. The number of halogens is 1. The molecule has 2 heterocycles. The second kappa shape index (κ2) is 6.00. The molecule has 18 heavy (non-hydrogen) atoms. The van der Waals surface area contributed by atoms with Crippen LogP contribution >= 0.6 is 11.6 Å². The van der Waals surface area contributed by atoms with E-state index in [9.17, 15) is 0 Å². The molecule has 6 heteroatoms. The van der Waals surface area contributed by atoms with Crippen molar-refractivity contribution >= 4 is 28.6 Å². The summed E-state index contributed by atoms with van der Waals surface area (Å²) < 4.78 is 0. The molecule has 0 saturated carbocycles. The highest BCUT2D eigenvalue weighted by Crippen LogP contribution is 2.20. The molecule has 2 rings (SSSR count). The molecule has 1 unspecified atom stereocenters. The van der Waals surface area contributed by atoms with Crippen molar-refractivity contribution in [2.45, 2.75) is 32.1 Å². The van der Waals surface area contributed by atoms with E-state index in [-0.39, 0.29) is 5.38 Å². The Morgan fingerprint density at radius 2 is 2.06 bits per heavy atom. The van der Waals surface area contributed by atoms with Gasteiger partial charge in [0.1, 0.15) is 11.8 Å². The van der Waals surface area contributed by atoms with Gasteiger partial charge in [-0.2, -0.15) is 0 Å². The number of aromatic nitrogens is 4. The van der Waals surface area contributed by atoms with E-state index in [1.165, 1.54) is 6.33 Å². The van der Waals surface area contributed by atoms with Crippen molar-refractivity contribution in [2.24, 2.45) is 5.92 Å². The van der Waals surface area contributed by atoms with Gasteiger partial charge < -0.3 is 10.3 Å². The standard InChI is InChI=1S/C12H18ClN5/c1-3-8(4-2)9(13)5-14-11-10-12(16-6-15-10)18-7-17-11/h6-9H,3-5H2,1-2H3,(H2,14,15,16,17,18). The number of fused-ring (bicyclic) bond motifs is 1. The van der Waals surface area contributed by atoms with Crippen molar-refractivity contribution in [2.75, 3.05) is 11.9 Å². The second-order valence-corrected chi connectivity index (χ2v) is 4.86. The molecule has 98 valence electrons. The smallest absolute Gasteiger partial charge is 0.182 e. The van der Waals surface area contributed by atoms with Crippen molar-refractivity contribution in [3.8, 4) is 0 Å². The number of H-pyrrole nitrogens is 1. The van der Waals surface area contributed by atoms with Gasteiger partial charge in [-0.1, -0.05) is 26.7 Å². The number of nitrogens with zero attached hydrogens (tertiary/aromatic N) is 3. The first kappa shape index (κ1) is 13.1. The van der Waals surface area contributed by atoms with E-state index in [0.29, 0.717) is 18.1 Å². The molecule has 0 radical (unpaired) electrons. The summed E-state index contributed by atoms with van der Waals surface area (Å²) in [6.07, 6.45) is 5.31. The number of hydrogen-bond donors (Lipinski definition) is 2. The van der Waals surface area contributed by atoms with Crippen molar-refractivity contribution in [1.82, 2.24) is 19.9 Å². The predicted molar refractivity (Wildman–Crippen MR) is 73.9 cm³/mol. The Labute approximate surface area is 111 Å². The third kappa shape index (κ3) is 2.72. The summed E-state index contributed by atoms with van der Waals surface area (Å²) in [6.45, 7) is 5.03. The second-order valence-electron chi connectivity index (χ2n) is 4.30. The summed E-state index contributed by atoms with van der Waals surface area (Å²) in [7, 11) is 0. The lowest BCUT2D eigenvalue weighted by molar-refractivity contribution is 0.475. The minimum atomic E-state index is 0.105. The molecule has 2 N–H and O–H groups in total. The molecule has 2 aromatic rings. The molecule has 0 spiro atoms. The largest absolute Gasteiger partial charge is 0.367 e. The number of aromatic amines is 1. The molecular formula is C12H18ClN5. The number of hydrogen-bond acceptors (Lipinski definition) is 4. The quantitative estimate of drug-likeness (QED) is 0.790. The minimum Gasteiger partial charge on any atom is -0.367 e. The lowest BCUT2D eigenvalue weighted by Gasteiger charge is -2.19. The molecule has 0 aromatic carbocycles. The number of alkyl halides is 1. The maximum absolute atomic E-state index is 6.39. The van der Waals surface area contributed by atoms with Crippen LogP contribution in [0.15, 0.2) is 12.7 Å². The highest BCUT2D eigenvalue weighted by molar-refractivity contribution is 6.21. The summed E-state index contributed by atoms with van der Waals surface area (Å²) in [5.41, 5.74) is 1.49. The summed E-state index contributed by atoms with van der Waals surface area (Å²) in [4.78, 5) is 15.4. The minimum absolute atomic E-state index is 0.105. The van der Waals surface area contributed by atoms with Gasteiger partial charge in [-0.25, -0.2) is 15.0 Å². The Morgan fingerprint density at radius 3 is 2.78 bits per heavy atom. The number of anilines is 1. The van der Waals surface area contributed by atoms with Crippen LogP contribution in [0.1, 0.15) is 26.7 Å². The van der Waals surface area contributed by atoms with E-state index < -0.39 is 0 Å². The van der Waals surface area contributed by atoms with E-state index in [0.717, 1.165) is 24.2 Å². The van der Waals surface area contributed by atoms with Gasteiger partial charge in [0.05, 0.1) is 11.7 Å². The van der Waals surface area contributed by atoms with Crippen molar-refractivity contribution in [3.63, 3.8) is 0 Å². The zero-order chi connectivity index (χ0) is 13.0. The highest BCUT2D eigenvalue weighted by atomic mass is 35.5. The van der Waals surface area contributed by atoms with Gasteiger partial charge >= 0.3 is 0 Å². The first-order chi connectivity index (χ1) is 8.76. The van der Waals surface area contributed by atoms with E-state index in [1.54, 1.807) is 6.33 Å². The van der Waals surface area contributed by atoms with Crippen LogP contribution in [0.3, 0.4) is 0 Å². The van der Waals surface area contributed by atoms with Crippen LogP contribution in [0.25, 0.3) is 11.2 Å². The zero-order valence-corrected chi connectivity index (χ0v) is 11.4. The van der Waals surface area contributed by atoms with E-state index in [2.05, 4.69) is 39.1 Å². The fourth-order valence-electron chi connectivity index (χ4n) is 2.06. The van der Waals surface area contributed by atoms with Gasteiger partial charge in [0.25, 0.3) is 0 Å². The topological polar surface area (TPSA) is 66.5 Å². The van der Waals surface area contributed by atoms with E-state index >= 15 is 0 Å². The Hall–Kier alpha value is -1.36. The Kier molecular flexibility index (Phi) is 4.36. The SMILES string of the molecule is CCC(CC)C(Cl)CNc1ncnc2nc[nH]c12. The fraction of sp³-hybridized carbons (Fsp3) is 0.583. The van der Waals surface area contributed by atoms with Gasteiger partial charge in [-0.15, -0.1) is 11.6 Å². The molecule has 1 atom stereocenters. The average molecular weight is 268 g/mol. The Balaban J connectivity index is 2.04. The Morgan fingerprint density at radius 1 is 1.28 bits per heavy atom. The molecule has 0 saturated heterocycles. The first-order valence-electron chi connectivity index (χ1n) is 6.28. The van der Waals surface area contributed by atoms with Crippen LogP contribution < -0.4 is 5.32 Å². The third-order valence-corrected chi connectivity index (χ3v) is 3.76. The van der Waals surface area contributed by atoms with Crippen LogP contribution in [-0.4, -0.2) is 31.9 Å². The van der Waals surface area contributed by atoms with E-state index in [4.69, 9.17) is 11.6 Å². The van der Waals surface area contributed by atoms with Gasteiger partial charge in [0.2, 0.25) is 0 Å². The highest BCUT2D eigenvalue weighted by Gasteiger charge is 2.16. The third-order valence-electron chi connectivity index (χ3n) is 3.25. The zero-order valence-electron chi connectivity index (χ0n) is 10.7. The summed E-state index contributed by atoms with van der Waals surface area (Å²) in [5.74, 6) is 1.28. The molecule has 0 bridgehead atoms. The molecule has 0 fully saturated rings. The fourth-order valence-corrected chi connectivity index (χ4v) is 2.49. The average Bonchev–Trinajstić information content (AvgIpc) is 2.86. The molecule has 0 amide bonds. The van der Waals surface area contributed by atoms with Gasteiger partial charge in [-0.3, -0.25) is 0 Å². The molecule has 0 aliphatic rings. The van der Waals surface area contributed by atoms with Gasteiger partial charge in [-0.05, 0) is 5.92 Å². The summed E-state index contributed by atoms with van der Waals surface area (Å²) in [6, 6.07) is 0. The van der Waals surface area contributed by atoms with Gasteiger partial charge in [0.15, 0.2) is 11.5 Å². The van der Waals surface area contributed by atoms with Crippen LogP contribution in [0.2, 0.25) is 0 Å².